The monoisotopic (exact) mass is 568 g/mol. The van der Waals surface area contributed by atoms with E-state index in [0.717, 1.165) is 4.86 Å². The minimum Gasteiger partial charge on any atom is -0.389 e. The molecule has 0 bridgehead atoms. The van der Waals surface area contributed by atoms with Gasteiger partial charge in [0, 0.05) is 0 Å². The van der Waals surface area contributed by atoms with E-state index in [0.29, 0.717) is 0 Å². The molecule has 17 nitrogen and oxygen atoms in total. The number of nitrogens with two attached hydrogens (primary N) is 1. The molecule has 31 heavy (non-hydrogen) atoms. The van der Waals surface area contributed by atoms with Crippen LogP contribution in [0.1, 0.15) is 6.23 Å². The summed E-state index contributed by atoms with van der Waals surface area (Å²) in [5, 5.41) is 10.4. The Morgan fingerprint density at radius 1 is 1.23 bits per heavy atom. The van der Waals surface area contributed by atoms with Gasteiger partial charge < -0.3 is 35.2 Å². The van der Waals surface area contributed by atoms with Crippen LogP contribution in [0.5, 0.6) is 0 Å². The molecule has 2 aromatic heterocycles. The molecule has 1 aliphatic rings. The number of aliphatic hydroxyl groups is 1. The van der Waals surface area contributed by atoms with Crippen LogP contribution in [-0.2, 0) is 27.3 Å². The molecule has 0 amide bonds. The third-order valence-corrected chi connectivity index (χ3v) is 9.06. The van der Waals surface area contributed by atoms with Crippen molar-refractivity contribution in [1.29, 1.82) is 0 Å². The zero-order valence-electron chi connectivity index (χ0n) is 14.9. The van der Waals surface area contributed by atoms with Crippen LogP contribution in [0.15, 0.2) is 12.7 Å². The lowest BCUT2D eigenvalue weighted by Gasteiger charge is -2.20. The first kappa shape index (κ1) is 24.8. The van der Waals surface area contributed by atoms with Gasteiger partial charge in [-0.25, -0.2) is 28.6 Å². The maximum Gasteiger partial charge on any atom is 0.480 e. The number of nitrogens with one attached hydrogen (secondary N) is 1. The number of nitrogens with zero attached hydrogens (tertiary/aromatic N) is 4. The first-order valence-electron chi connectivity index (χ1n) is 7.96. The number of halogens is 1. The third-order valence-electron chi connectivity index (χ3n) is 3.83. The van der Waals surface area contributed by atoms with E-state index in [1.165, 1.54) is 17.2 Å². The minimum absolute atomic E-state index is 0.115. The summed E-state index contributed by atoms with van der Waals surface area (Å²) in [5.74, 6) is 0.115. The van der Waals surface area contributed by atoms with Crippen molar-refractivity contribution in [3.63, 3.8) is 0 Å². The standard InChI is InChI=1S/C10H16BrN6O11P3/c11-5-7(18)4(1-26-31(24,25)28-30(22,23)16-29(19,20)21)27-10(5)17-3-15-6-8(12)13-2-14-9(6)17/h2-5,7,10,18H,1H2,(H,24,25)(H2,12,13,14)(H4,16,19,20,21,22,23). The molecule has 3 rings (SSSR count). The number of aliphatic hydroxyl groups excluding tert-OH is 1. The fourth-order valence-electron chi connectivity index (χ4n) is 2.64. The number of alkyl halides is 1. The van der Waals surface area contributed by atoms with E-state index in [1.54, 1.807) is 0 Å². The second-order valence-electron chi connectivity index (χ2n) is 6.09. The molecule has 0 aromatic carbocycles. The Labute approximate surface area is 181 Å². The summed E-state index contributed by atoms with van der Waals surface area (Å²) in [6.45, 7) is -0.798. The molecule has 8 N–H and O–H groups in total. The van der Waals surface area contributed by atoms with Gasteiger partial charge >= 0.3 is 23.3 Å². The van der Waals surface area contributed by atoms with E-state index in [-0.39, 0.29) is 17.0 Å². The minimum atomic E-state index is -5.41. The molecule has 0 radical (unpaired) electrons. The highest BCUT2D eigenvalue weighted by Gasteiger charge is 2.46. The van der Waals surface area contributed by atoms with Crippen molar-refractivity contribution in [3.8, 4) is 0 Å². The van der Waals surface area contributed by atoms with E-state index in [2.05, 4.69) is 39.7 Å². The van der Waals surface area contributed by atoms with Crippen molar-refractivity contribution in [3.05, 3.63) is 12.7 Å². The van der Waals surface area contributed by atoms with Crippen molar-refractivity contribution >= 4 is 56.2 Å². The fourth-order valence-corrected chi connectivity index (χ4v) is 6.79. The van der Waals surface area contributed by atoms with Gasteiger partial charge in [0.1, 0.15) is 17.9 Å². The predicted octanol–water partition coefficient (Wildman–Crippen LogP) is -0.653. The highest BCUT2D eigenvalue weighted by atomic mass is 79.9. The molecule has 6 unspecified atom stereocenters. The van der Waals surface area contributed by atoms with Gasteiger partial charge in [-0.2, -0.15) is 4.31 Å². The van der Waals surface area contributed by atoms with Crippen LogP contribution < -0.4 is 10.6 Å². The second kappa shape index (κ2) is 8.83. The molecule has 1 aliphatic heterocycles. The summed E-state index contributed by atoms with van der Waals surface area (Å²) in [5.41, 5.74) is 6.29. The Balaban J connectivity index is 1.69. The van der Waals surface area contributed by atoms with E-state index in [4.69, 9.17) is 20.3 Å². The molecule has 0 spiro atoms. The number of ether oxygens (including phenoxy) is 1. The number of hydrogen-bond acceptors (Lipinski definition) is 11. The van der Waals surface area contributed by atoms with Gasteiger partial charge in [-0.05, 0) is 0 Å². The zero-order valence-corrected chi connectivity index (χ0v) is 19.2. The average molecular weight is 569 g/mol. The van der Waals surface area contributed by atoms with Gasteiger partial charge in [0.2, 0.25) is 0 Å². The van der Waals surface area contributed by atoms with Crippen molar-refractivity contribution in [1.82, 2.24) is 24.4 Å². The molecule has 0 aliphatic carbocycles. The van der Waals surface area contributed by atoms with Crippen LogP contribution in [0.2, 0.25) is 0 Å². The van der Waals surface area contributed by atoms with Crippen LogP contribution in [0, 0.1) is 0 Å². The molecule has 3 heterocycles. The van der Waals surface area contributed by atoms with Gasteiger partial charge in [0.25, 0.3) is 0 Å². The Kier molecular flexibility index (Phi) is 7.07. The average Bonchev–Trinajstić information content (AvgIpc) is 3.13. The SMILES string of the molecule is Nc1ncnc2c1ncn2C1OC(COP(=O)(O)OP(=O)(O)NP(=O)(O)O)C(O)C1Br. The molecule has 6 atom stereocenters. The van der Waals surface area contributed by atoms with Gasteiger partial charge in [-0.3, -0.25) is 9.09 Å². The van der Waals surface area contributed by atoms with Crippen LogP contribution >= 0.6 is 39.2 Å². The van der Waals surface area contributed by atoms with Crippen molar-refractivity contribution in [2.75, 3.05) is 12.3 Å². The van der Waals surface area contributed by atoms with Crippen LogP contribution in [0.3, 0.4) is 0 Å². The van der Waals surface area contributed by atoms with Gasteiger partial charge in [0.15, 0.2) is 17.7 Å². The van der Waals surface area contributed by atoms with Crippen LogP contribution in [0.25, 0.3) is 11.2 Å². The number of phosphoric ester groups is 1. The quantitative estimate of drug-likeness (QED) is 0.154. The zero-order chi connectivity index (χ0) is 23.2. The highest BCUT2D eigenvalue weighted by Crippen LogP contribution is 2.61. The number of anilines is 1. The van der Waals surface area contributed by atoms with E-state index < -0.39 is 53.2 Å². The number of imidazole rings is 1. The Morgan fingerprint density at radius 3 is 2.55 bits per heavy atom. The Hall–Kier alpha value is -0.840. The largest absolute Gasteiger partial charge is 0.480 e. The topological polar surface area (TPSA) is 262 Å². The lowest BCUT2D eigenvalue weighted by Crippen LogP contribution is -2.30. The number of hydrogen-bond donors (Lipinski definition) is 7. The number of phosphoric acid groups is 1. The summed E-state index contributed by atoms with van der Waals surface area (Å²) in [4.78, 5) is 48.1. The van der Waals surface area contributed by atoms with Crippen molar-refractivity contribution in [2.45, 2.75) is 23.3 Å². The van der Waals surface area contributed by atoms with E-state index in [1.807, 2.05) is 0 Å². The molecule has 0 saturated carbocycles. The molecule has 1 saturated heterocycles. The summed E-state index contributed by atoms with van der Waals surface area (Å²) in [6.07, 6.45) is -0.912. The molecular formula is C10H16BrN6O11P3. The lowest BCUT2D eigenvalue weighted by molar-refractivity contribution is -0.0419. The summed E-state index contributed by atoms with van der Waals surface area (Å²) >= 11 is 3.24. The number of aromatic nitrogens is 4. The molecule has 21 heteroatoms. The lowest BCUT2D eigenvalue weighted by atomic mass is 10.2. The van der Waals surface area contributed by atoms with Crippen LogP contribution in [-0.4, -0.2) is 67.8 Å². The molecule has 174 valence electrons. The Bertz CT molecular complexity index is 1110. The number of fused-ring (bicyclic) bond motifs is 1. The van der Waals surface area contributed by atoms with Crippen molar-refractivity contribution in [2.24, 2.45) is 0 Å². The smallest absolute Gasteiger partial charge is 0.389 e. The highest BCUT2D eigenvalue weighted by molar-refractivity contribution is 9.09. The first-order chi connectivity index (χ1) is 14.2. The number of nitrogen functional groups attached to an aromatic ring is 1. The summed E-state index contributed by atoms with van der Waals surface area (Å²) in [7, 11) is -16.0. The maximum atomic E-state index is 11.9. The first-order valence-corrected chi connectivity index (χ1v) is 13.6. The van der Waals surface area contributed by atoms with Gasteiger partial charge in [0.05, 0.1) is 23.9 Å². The Morgan fingerprint density at radius 2 is 1.90 bits per heavy atom. The fraction of sp³-hybridized carbons (Fsp3) is 0.500. The van der Waals surface area contributed by atoms with Crippen molar-refractivity contribution < 1.29 is 51.9 Å². The molecule has 1 fully saturated rings. The second-order valence-corrected chi connectivity index (χ2v) is 11.9. The normalized spacial score (nSPS) is 28.5. The number of rotatable bonds is 8. The maximum absolute atomic E-state index is 11.9. The van der Waals surface area contributed by atoms with Gasteiger partial charge in [-0.15, -0.1) is 4.86 Å². The van der Waals surface area contributed by atoms with Gasteiger partial charge in [-0.1, -0.05) is 15.9 Å². The van der Waals surface area contributed by atoms with E-state index in [9.17, 15) is 28.6 Å². The third kappa shape index (κ3) is 5.94. The molecular weight excluding hydrogens is 553 g/mol. The summed E-state index contributed by atoms with van der Waals surface area (Å²) in [6, 6.07) is 0. The van der Waals surface area contributed by atoms with Crippen LogP contribution in [0.4, 0.5) is 5.82 Å². The molecule has 2 aromatic rings. The summed E-state index contributed by atoms with van der Waals surface area (Å²) < 4.78 is 49.6. The predicted molar refractivity (Wildman–Crippen MR) is 104 cm³/mol. The van der Waals surface area contributed by atoms with E-state index >= 15 is 0 Å².